The van der Waals surface area contributed by atoms with Gasteiger partial charge in [0, 0.05) is 19.2 Å². The fourth-order valence-electron chi connectivity index (χ4n) is 2.30. The fraction of sp³-hybridized carbons (Fsp3) is 0.588. The maximum atomic E-state index is 12.6. The molecule has 0 aliphatic carbocycles. The highest BCUT2D eigenvalue weighted by atomic mass is 16.2. The number of benzene rings is 1. The van der Waals surface area contributed by atoms with Crippen molar-refractivity contribution in [1.29, 1.82) is 0 Å². The minimum atomic E-state index is -0.0212. The van der Waals surface area contributed by atoms with E-state index in [-0.39, 0.29) is 11.3 Å². The molecule has 0 unspecified atom stereocenters. The lowest BCUT2D eigenvalue weighted by Crippen LogP contribution is -2.30. The van der Waals surface area contributed by atoms with E-state index in [1.54, 1.807) is 0 Å². The number of unbranched alkanes of at least 4 members (excludes halogenated alkanes) is 2. The van der Waals surface area contributed by atoms with Crippen molar-refractivity contribution in [3.8, 4) is 0 Å². The van der Waals surface area contributed by atoms with Crippen LogP contribution in [0.2, 0.25) is 0 Å². The number of hydrogen-bond acceptors (Lipinski definition) is 2. The molecule has 1 rings (SSSR count). The summed E-state index contributed by atoms with van der Waals surface area (Å²) in [4.78, 5) is 14.4. The van der Waals surface area contributed by atoms with Crippen molar-refractivity contribution >= 4 is 5.91 Å². The van der Waals surface area contributed by atoms with Gasteiger partial charge >= 0.3 is 0 Å². The Hall–Kier alpha value is -1.35. The van der Waals surface area contributed by atoms with Crippen LogP contribution in [0.15, 0.2) is 24.3 Å². The zero-order valence-electron chi connectivity index (χ0n) is 13.3. The van der Waals surface area contributed by atoms with E-state index in [9.17, 15) is 4.79 Å². The monoisotopic (exact) mass is 276 g/mol. The van der Waals surface area contributed by atoms with Crippen LogP contribution in [0.1, 0.15) is 56.0 Å². The average molecular weight is 276 g/mol. The van der Waals surface area contributed by atoms with Gasteiger partial charge in [0.15, 0.2) is 0 Å². The largest absolute Gasteiger partial charge is 0.342 e. The van der Waals surface area contributed by atoms with Crippen molar-refractivity contribution in [3.63, 3.8) is 0 Å². The van der Waals surface area contributed by atoms with Crippen LogP contribution in [-0.2, 0) is 5.41 Å². The van der Waals surface area contributed by atoms with Crippen molar-refractivity contribution in [1.82, 2.24) is 4.90 Å². The number of nitrogens with two attached hydrogens (primary N) is 1. The Bertz CT molecular complexity index is 435. The van der Waals surface area contributed by atoms with Crippen LogP contribution in [0.5, 0.6) is 0 Å². The summed E-state index contributed by atoms with van der Waals surface area (Å²) < 4.78 is 0. The number of rotatable bonds is 6. The van der Waals surface area contributed by atoms with Gasteiger partial charge in [-0.1, -0.05) is 45.4 Å². The molecule has 0 saturated heterocycles. The molecule has 0 bridgehead atoms. The van der Waals surface area contributed by atoms with E-state index in [0.29, 0.717) is 0 Å². The van der Waals surface area contributed by atoms with Crippen LogP contribution in [0.25, 0.3) is 0 Å². The Morgan fingerprint density at radius 3 is 2.40 bits per heavy atom. The zero-order chi connectivity index (χ0) is 15.2. The molecule has 112 valence electrons. The van der Waals surface area contributed by atoms with Gasteiger partial charge in [-0.25, -0.2) is 0 Å². The maximum absolute atomic E-state index is 12.6. The Morgan fingerprint density at radius 1 is 1.15 bits per heavy atom. The van der Waals surface area contributed by atoms with E-state index in [0.717, 1.165) is 43.5 Å². The smallest absolute Gasteiger partial charge is 0.253 e. The molecule has 20 heavy (non-hydrogen) atoms. The molecule has 2 N–H and O–H groups in total. The molecule has 0 spiro atoms. The maximum Gasteiger partial charge on any atom is 0.253 e. The first-order valence-corrected chi connectivity index (χ1v) is 7.43. The van der Waals surface area contributed by atoms with E-state index in [2.05, 4.69) is 26.8 Å². The van der Waals surface area contributed by atoms with Crippen LogP contribution in [0.3, 0.4) is 0 Å². The molecule has 0 aliphatic rings. The molecule has 1 amide bonds. The minimum absolute atomic E-state index is 0.0212. The van der Waals surface area contributed by atoms with Gasteiger partial charge in [-0.2, -0.15) is 0 Å². The van der Waals surface area contributed by atoms with Crippen molar-refractivity contribution in [2.24, 2.45) is 5.73 Å². The topological polar surface area (TPSA) is 46.3 Å². The van der Waals surface area contributed by atoms with Gasteiger partial charge in [-0.15, -0.1) is 0 Å². The zero-order valence-corrected chi connectivity index (χ0v) is 13.3. The standard InChI is InChI=1S/C17H28N2O/c1-17(2,3)15-11-7-6-10-14(15)16(20)19(4)13-9-5-8-12-18/h6-7,10-11H,5,8-9,12-13,18H2,1-4H3. The summed E-state index contributed by atoms with van der Waals surface area (Å²) in [6.07, 6.45) is 3.12. The molecule has 0 saturated carbocycles. The molecule has 0 atom stereocenters. The highest BCUT2D eigenvalue weighted by Crippen LogP contribution is 2.26. The normalized spacial score (nSPS) is 11.4. The number of nitrogens with zero attached hydrogens (tertiary/aromatic N) is 1. The molecule has 0 heterocycles. The Balaban J connectivity index is 2.77. The molecule has 0 aliphatic heterocycles. The number of carbonyl (C=O) groups is 1. The second-order valence-corrected chi connectivity index (χ2v) is 6.37. The first-order chi connectivity index (χ1) is 9.38. The van der Waals surface area contributed by atoms with Crippen molar-refractivity contribution in [2.45, 2.75) is 45.4 Å². The molecule has 1 aromatic rings. The predicted octanol–water partition coefficient (Wildman–Crippen LogP) is 3.19. The summed E-state index contributed by atoms with van der Waals surface area (Å²) in [5.41, 5.74) is 7.39. The minimum Gasteiger partial charge on any atom is -0.342 e. The first-order valence-electron chi connectivity index (χ1n) is 7.43. The van der Waals surface area contributed by atoms with Gasteiger partial charge in [0.2, 0.25) is 0 Å². The number of amides is 1. The van der Waals surface area contributed by atoms with E-state index in [1.807, 2.05) is 30.1 Å². The summed E-state index contributed by atoms with van der Waals surface area (Å²) >= 11 is 0. The number of carbonyl (C=O) groups excluding carboxylic acids is 1. The molecule has 0 radical (unpaired) electrons. The van der Waals surface area contributed by atoms with Crippen molar-refractivity contribution in [2.75, 3.05) is 20.1 Å². The highest BCUT2D eigenvalue weighted by Gasteiger charge is 2.22. The van der Waals surface area contributed by atoms with Gasteiger partial charge < -0.3 is 10.6 Å². The first kappa shape index (κ1) is 16.7. The van der Waals surface area contributed by atoms with E-state index >= 15 is 0 Å². The van der Waals surface area contributed by atoms with Crippen LogP contribution in [0.4, 0.5) is 0 Å². The summed E-state index contributed by atoms with van der Waals surface area (Å²) in [6.45, 7) is 7.93. The lowest BCUT2D eigenvalue weighted by molar-refractivity contribution is 0.0790. The highest BCUT2D eigenvalue weighted by molar-refractivity contribution is 5.95. The van der Waals surface area contributed by atoms with Gasteiger partial charge in [0.1, 0.15) is 0 Å². The Labute approximate surface area is 123 Å². The molecule has 3 heteroatoms. The molecule has 1 aromatic carbocycles. The lowest BCUT2D eigenvalue weighted by Gasteiger charge is -2.25. The molecular weight excluding hydrogens is 248 g/mol. The lowest BCUT2D eigenvalue weighted by atomic mass is 9.83. The van der Waals surface area contributed by atoms with Crippen molar-refractivity contribution < 1.29 is 4.79 Å². The molecule has 0 fully saturated rings. The van der Waals surface area contributed by atoms with Gasteiger partial charge in [0.25, 0.3) is 5.91 Å². The van der Waals surface area contributed by atoms with Crippen LogP contribution < -0.4 is 5.73 Å². The Kier molecular flexibility index (Phi) is 6.21. The third-order valence-corrected chi connectivity index (χ3v) is 3.51. The van der Waals surface area contributed by atoms with Crippen LogP contribution in [0, 0.1) is 0 Å². The summed E-state index contributed by atoms with van der Waals surface area (Å²) in [7, 11) is 1.88. The van der Waals surface area contributed by atoms with Crippen LogP contribution in [-0.4, -0.2) is 30.9 Å². The van der Waals surface area contributed by atoms with E-state index in [1.165, 1.54) is 0 Å². The SMILES string of the molecule is CN(CCCCCN)C(=O)c1ccccc1C(C)(C)C. The third-order valence-electron chi connectivity index (χ3n) is 3.51. The quantitative estimate of drug-likeness (QED) is 0.811. The Morgan fingerprint density at radius 2 is 1.80 bits per heavy atom. The van der Waals surface area contributed by atoms with Gasteiger partial charge in [0.05, 0.1) is 0 Å². The number of hydrogen-bond donors (Lipinski definition) is 1. The molecular formula is C17H28N2O. The van der Waals surface area contributed by atoms with Crippen LogP contribution >= 0.6 is 0 Å². The second kappa shape index (κ2) is 7.44. The molecule has 3 nitrogen and oxygen atoms in total. The van der Waals surface area contributed by atoms with Gasteiger partial charge in [-0.3, -0.25) is 4.79 Å². The predicted molar refractivity (Wildman–Crippen MR) is 85.0 cm³/mol. The van der Waals surface area contributed by atoms with Gasteiger partial charge in [-0.05, 0) is 36.4 Å². The van der Waals surface area contributed by atoms with E-state index < -0.39 is 0 Å². The second-order valence-electron chi connectivity index (χ2n) is 6.37. The molecule has 0 aromatic heterocycles. The average Bonchev–Trinajstić information content (AvgIpc) is 2.41. The fourth-order valence-corrected chi connectivity index (χ4v) is 2.30. The summed E-state index contributed by atoms with van der Waals surface area (Å²) in [6, 6.07) is 7.91. The summed E-state index contributed by atoms with van der Waals surface area (Å²) in [5.74, 6) is 0.114. The third kappa shape index (κ3) is 4.64. The summed E-state index contributed by atoms with van der Waals surface area (Å²) in [5, 5.41) is 0. The van der Waals surface area contributed by atoms with Crippen molar-refractivity contribution in [3.05, 3.63) is 35.4 Å². The van der Waals surface area contributed by atoms with E-state index in [4.69, 9.17) is 5.73 Å².